The first-order valence-electron chi connectivity index (χ1n) is 8.53. The molecule has 1 amide bonds. The fourth-order valence-corrected chi connectivity index (χ4v) is 2.36. The molecular formula is C21H25NO3. The van der Waals surface area contributed by atoms with Crippen LogP contribution >= 0.6 is 0 Å². The number of hydrogen-bond acceptors (Lipinski definition) is 3. The SMILES string of the molecule is CC(C)Oc1cccc(/C=C/C(=O)NCCCc2ccc(O)cc2)c1. The van der Waals surface area contributed by atoms with Crippen molar-refractivity contribution < 1.29 is 14.6 Å². The van der Waals surface area contributed by atoms with Gasteiger partial charge in [-0.3, -0.25) is 4.79 Å². The minimum atomic E-state index is -0.110. The maximum Gasteiger partial charge on any atom is 0.243 e. The monoisotopic (exact) mass is 339 g/mol. The Morgan fingerprint density at radius 3 is 2.68 bits per heavy atom. The van der Waals surface area contributed by atoms with Crippen LogP contribution in [0.2, 0.25) is 0 Å². The topological polar surface area (TPSA) is 58.6 Å². The number of aryl methyl sites for hydroxylation is 1. The number of hydrogen-bond donors (Lipinski definition) is 2. The van der Waals surface area contributed by atoms with Gasteiger partial charge in [0, 0.05) is 12.6 Å². The number of aromatic hydroxyl groups is 1. The van der Waals surface area contributed by atoms with Crippen molar-refractivity contribution in [3.63, 3.8) is 0 Å². The summed E-state index contributed by atoms with van der Waals surface area (Å²) in [6, 6.07) is 14.8. The average Bonchev–Trinajstić information content (AvgIpc) is 2.58. The van der Waals surface area contributed by atoms with Crippen molar-refractivity contribution in [2.24, 2.45) is 0 Å². The molecule has 0 unspecified atom stereocenters. The second kappa shape index (κ2) is 9.52. The van der Waals surface area contributed by atoms with Gasteiger partial charge in [0.15, 0.2) is 0 Å². The normalized spacial score (nSPS) is 11.0. The zero-order valence-electron chi connectivity index (χ0n) is 14.7. The molecule has 0 spiro atoms. The first kappa shape index (κ1) is 18.6. The van der Waals surface area contributed by atoms with Gasteiger partial charge in [-0.1, -0.05) is 24.3 Å². The van der Waals surface area contributed by atoms with E-state index in [1.54, 1.807) is 18.2 Å². The van der Waals surface area contributed by atoms with E-state index in [-0.39, 0.29) is 17.8 Å². The lowest BCUT2D eigenvalue weighted by atomic mass is 10.1. The fraction of sp³-hybridized carbons (Fsp3) is 0.286. The molecule has 0 heterocycles. The summed E-state index contributed by atoms with van der Waals surface area (Å²) in [5.41, 5.74) is 2.07. The highest BCUT2D eigenvalue weighted by molar-refractivity contribution is 5.91. The predicted octanol–water partition coefficient (Wildman–Crippen LogP) is 3.94. The summed E-state index contributed by atoms with van der Waals surface area (Å²) in [7, 11) is 0. The summed E-state index contributed by atoms with van der Waals surface area (Å²) < 4.78 is 5.64. The Hall–Kier alpha value is -2.75. The Kier molecular flexibility index (Phi) is 7.08. The largest absolute Gasteiger partial charge is 0.508 e. The van der Waals surface area contributed by atoms with Gasteiger partial charge >= 0.3 is 0 Å². The molecule has 2 aromatic rings. The van der Waals surface area contributed by atoms with Gasteiger partial charge in [0.25, 0.3) is 0 Å². The first-order valence-corrected chi connectivity index (χ1v) is 8.53. The van der Waals surface area contributed by atoms with E-state index in [1.165, 1.54) is 6.08 Å². The molecule has 25 heavy (non-hydrogen) atoms. The molecule has 2 N–H and O–H groups in total. The molecule has 0 aliphatic carbocycles. The van der Waals surface area contributed by atoms with E-state index in [0.717, 1.165) is 29.7 Å². The van der Waals surface area contributed by atoms with Crippen LogP contribution in [0.15, 0.2) is 54.6 Å². The van der Waals surface area contributed by atoms with Gasteiger partial charge in [0.05, 0.1) is 6.10 Å². The Morgan fingerprint density at radius 2 is 1.96 bits per heavy atom. The van der Waals surface area contributed by atoms with Crippen LogP contribution in [-0.4, -0.2) is 23.7 Å². The van der Waals surface area contributed by atoms with Crippen molar-refractivity contribution in [2.45, 2.75) is 32.8 Å². The highest BCUT2D eigenvalue weighted by atomic mass is 16.5. The molecular weight excluding hydrogens is 314 g/mol. The number of carbonyl (C=O) groups excluding carboxylic acids is 1. The highest BCUT2D eigenvalue weighted by Crippen LogP contribution is 2.16. The van der Waals surface area contributed by atoms with E-state index >= 15 is 0 Å². The third kappa shape index (κ3) is 7.12. The fourth-order valence-electron chi connectivity index (χ4n) is 2.36. The minimum absolute atomic E-state index is 0.110. The van der Waals surface area contributed by atoms with Crippen molar-refractivity contribution in [2.75, 3.05) is 6.54 Å². The van der Waals surface area contributed by atoms with E-state index in [9.17, 15) is 9.90 Å². The molecule has 0 aromatic heterocycles. The van der Waals surface area contributed by atoms with Gasteiger partial charge in [-0.15, -0.1) is 0 Å². The Bertz CT molecular complexity index is 705. The van der Waals surface area contributed by atoms with E-state index in [2.05, 4.69) is 5.32 Å². The molecule has 0 fully saturated rings. The zero-order chi connectivity index (χ0) is 18.1. The van der Waals surface area contributed by atoms with Gasteiger partial charge in [-0.05, 0) is 68.2 Å². The van der Waals surface area contributed by atoms with Crippen molar-refractivity contribution in [1.29, 1.82) is 0 Å². The number of phenols is 1. The number of ether oxygens (including phenoxy) is 1. The molecule has 0 radical (unpaired) electrons. The molecule has 132 valence electrons. The lowest BCUT2D eigenvalue weighted by Crippen LogP contribution is -2.22. The average molecular weight is 339 g/mol. The summed E-state index contributed by atoms with van der Waals surface area (Å²) in [5.74, 6) is 0.956. The standard InChI is InChI=1S/C21H25NO3/c1-16(2)25-20-7-3-5-18(15-20)10-13-21(24)22-14-4-6-17-8-11-19(23)12-9-17/h3,5,7-13,15-16,23H,4,6,14H2,1-2H3,(H,22,24)/b13-10+. The number of nitrogens with one attached hydrogen (secondary N) is 1. The molecule has 0 saturated carbocycles. The Morgan fingerprint density at radius 1 is 1.20 bits per heavy atom. The third-order valence-corrected chi connectivity index (χ3v) is 3.53. The van der Waals surface area contributed by atoms with Crippen molar-refractivity contribution in [3.8, 4) is 11.5 Å². The summed E-state index contributed by atoms with van der Waals surface area (Å²) in [6.45, 7) is 4.57. The molecule has 2 rings (SSSR count). The van der Waals surface area contributed by atoms with E-state index < -0.39 is 0 Å². The Labute approximate surface area is 149 Å². The number of phenolic OH excluding ortho intramolecular Hbond substituents is 1. The van der Waals surface area contributed by atoms with Crippen LogP contribution in [-0.2, 0) is 11.2 Å². The Balaban J connectivity index is 1.74. The van der Waals surface area contributed by atoms with Gasteiger partial charge in [0.1, 0.15) is 11.5 Å². The second-order valence-electron chi connectivity index (χ2n) is 6.13. The molecule has 0 saturated heterocycles. The third-order valence-electron chi connectivity index (χ3n) is 3.53. The molecule has 0 aliphatic heterocycles. The highest BCUT2D eigenvalue weighted by Gasteiger charge is 1.99. The van der Waals surface area contributed by atoms with Gasteiger partial charge in [0.2, 0.25) is 5.91 Å². The van der Waals surface area contributed by atoms with Crippen LogP contribution in [0.5, 0.6) is 11.5 Å². The maximum absolute atomic E-state index is 11.9. The quantitative estimate of drug-likeness (QED) is 0.566. The first-order chi connectivity index (χ1) is 12.0. The van der Waals surface area contributed by atoms with Crippen LogP contribution < -0.4 is 10.1 Å². The molecule has 4 nitrogen and oxygen atoms in total. The lowest BCUT2D eigenvalue weighted by Gasteiger charge is -2.09. The molecule has 4 heteroatoms. The van der Waals surface area contributed by atoms with Crippen molar-refractivity contribution in [3.05, 3.63) is 65.7 Å². The minimum Gasteiger partial charge on any atom is -0.508 e. The van der Waals surface area contributed by atoms with Crippen molar-refractivity contribution >= 4 is 12.0 Å². The van der Waals surface area contributed by atoms with Gasteiger partial charge in [-0.25, -0.2) is 0 Å². The van der Waals surface area contributed by atoms with E-state index in [1.807, 2.05) is 50.2 Å². The predicted molar refractivity (Wildman–Crippen MR) is 101 cm³/mol. The maximum atomic E-state index is 11.9. The van der Waals surface area contributed by atoms with Crippen LogP contribution in [0.4, 0.5) is 0 Å². The molecule has 2 aromatic carbocycles. The number of rotatable bonds is 8. The summed E-state index contributed by atoms with van der Waals surface area (Å²) >= 11 is 0. The summed E-state index contributed by atoms with van der Waals surface area (Å²) in [6.07, 6.45) is 5.15. The van der Waals surface area contributed by atoms with Crippen LogP contribution in [0.3, 0.4) is 0 Å². The molecule has 0 atom stereocenters. The number of benzene rings is 2. The molecule has 0 aliphatic rings. The van der Waals surface area contributed by atoms with Gasteiger partial charge < -0.3 is 15.2 Å². The van der Waals surface area contributed by atoms with E-state index in [0.29, 0.717) is 6.54 Å². The lowest BCUT2D eigenvalue weighted by molar-refractivity contribution is -0.116. The van der Waals surface area contributed by atoms with Crippen LogP contribution in [0.1, 0.15) is 31.4 Å². The number of carbonyl (C=O) groups is 1. The number of amides is 1. The second-order valence-corrected chi connectivity index (χ2v) is 6.13. The molecule has 0 bridgehead atoms. The van der Waals surface area contributed by atoms with Gasteiger partial charge in [-0.2, -0.15) is 0 Å². The summed E-state index contributed by atoms with van der Waals surface area (Å²) in [4.78, 5) is 11.9. The smallest absolute Gasteiger partial charge is 0.243 e. The zero-order valence-corrected chi connectivity index (χ0v) is 14.7. The van der Waals surface area contributed by atoms with Crippen LogP contribution in [0.25, 0.3) is 6.08 Å². The van der Waals surface area contributed by atoms with Crippen molar-refractivity contribution in [1.82, 2.24) is 5.32 Å². The van der Waals surface area contributed by atoms with Crippen LogP contribution in [0, 0.1) is 0 Å². The van der Waals surface area contributed by atoms with E-state index in [4.69, 9.17) is 4.74 Å². The summed E-state index contributed by atoms with van der Waals surface area (Å²) in [5, 5.41) is 12.1.